The summed E-state index contributed by atoms with van der Waals surface area (Å²) in [7, 11) is 0. The van der Waals surface area contributed by atoms with Gasteiger partial charge in [-0.3, -0.25) is 0 Å². The zero-order valence-corrected chi connectivity index (χ0v) is 20.6. The van der Waals surface area contributed by atoms with Crippen LogP contribution in [0.1, 0.15) is 50.0 Å². The van der Waals surface area contributed by atoms with Crippen LogP contribution in [0.3, 0.4) is 0 Å². The van der Waals surface area contributed by atoms with Gasteiger partial charge in [0.05, 0.1) is 0 Å². The van der Waals surface area contributed by atoms with Gasteiger partial charge in [-0.25, -0.2) is 9.97 Å². The number of fused-ring (bicyclic) bond motifs is 9. The molecule has 4 heteroatoms. The van der Waals surface area contributed by atoms with Crippen molar-refractivity contribution in [3.8, 4) is 0 Å². The molecule has 5 aromatic carbocycles. The molecule has 7 aromatic rings. The molecule has 2 heterocycles. The third-order valence-corrected chi connectivity index (χ3v) is 7.23. The van der Waals surface area contributed by atoms with Crippen LogP contribution < -0.4 is 0 Å². The third-order valence-electron chi connectivity index (χ3n) is 7.23. The lowest BCUT2D eigenvalue weighted by Gasteiger charge is -2.13. The molecule has 1 atom stereocenters. The predicted molar refractivity (Wildman–Crippen MR) is 147 cm³/mol. The largest absolute Gasteiger partial charge is 0.440 e. The van der Waals surface area contributed by atoms with E-state index >= 15 is 0 Å². The maximum Gasteiger partial charge on any atom is 0.198 e. The highest BCUT2D eigenvalue weighted by molar-refractivity contribution is 6.23. The first-order valence-corrected chi connectivity index (χ1v) is 12.6. The molecule has 0 N–H and O–H groups in total. The molecule has 176 valence electrons. The molecule has 1 unspecified atom stereocenters. The van der Waals surface area contributed by atoms with Gasteiger partial charge in [-0.2, -0.15) is 0 Å². The average molecular weight is 471 g/mol. The highest BCUT2D eigenvalue weighted by atomic mass is 16.4. The summed E-state index contributed by atoms with van der Waals surface area (Å²) < 4.78 is 12.7. The maximum atomic E-state index is 6.38. The zero-order valence-electron chi connectivity index (χ0n) is 20.6. The summed E-state index contributed by atoms with van der Waals surface area (Å²) in [6.07, 6.45) is 0.808. The zero-order chi connectivity index (χ0) is 24.4. The van der Waals surface area contributed by atoms with Crippen molar-refractivity contribution in [2.75, 3.05) is 0 Å². The first-order chi connectivity index (χ1) is 17.6. The molecule has 0 spiro atoms. The fourth-order valence-electron chi connectivity index (χ4n) is 5.43. The molecule has 36 heavy (non-hydrogen) atoms. The Morgan fingerprint density at radius 2 is 1.36 bits per heavy atom. The summed E-state index contributed by atoms with van der Waals surface area (Å²) in [5.74, 6) is 1.88. The molecule has 0 fully saturated rings. The number of hydrogen-bond acceptors (Lipinski definition) is 4. The fraction of sp³-hybridized carbons (Fsp3) is 0.188. The summed E-state index contributed by atoms with van der Waals surface area (Å²) in [4.78, 5) is 9.76. The first-order valence-electron chi connectivity index (χ1n) is 12.6. The molecule has 0 bridgehead atoms. The summed E-state index contributed by atoms with van der Waals surface area (Å²) in [6.45, 7) is 6.43. The van der Waals surface area contributed by atoms with Crippen LogP contribution >= 0.6 is 0 Å². The molecule has 0 aliphatic rings. The normalized spacial score (nSPS) is 13.1. The van der Waals surface area contributed by atoms with Crippen molar-refractivity contribution in [3.63, 3.8) is 0 Å². The lowest BCUT2D eigenvalue weighted by Crippen LogP contribution is -2.00. The molecule has 0 saturated heterocycles. The monoisotopic (exact) mass is 470 g/mol. The SMILES string of the molecule is CC(C)c1nc2c3ccccc3c3c(CC(C)c4nc5ccc6ccccc6c5o4)cccc3c2o1. The second kappa shape index (κ2) is 7.92. The van der Waals surface area contributed by atoms with E-state index in [0.29, 0.717) is 0 Å². The first kappa shape index (κ1) is 21.1. The van der Waals surface area contributed by atoms with Crippen LogP contribution in [-0.4, -0.2) is 9.97 Å². The van der Waals surface area contributed by atoms with Crippen molar-refractivity contribution in [3.05, 3.63) is 96.2 Å². The van der Waals surface area contributed by atoms with Gasteiger partial charge in [-0.1, -0.05) is 93.6 Å². The number of benzene rings is 5. The summed E-state index contributed by atoms with van der Waals surface area (Å²) in [5, 5.41) is 6.93. The Labute approximate surface area is 208 Å². The summed E-state index contributed by atoms with van der Waals surface area (Å²) in [6, 6.07) is 27.5. The van der Waals surface area contributed by atoms with E-state index in [9.17, 15) is 0 Å². The van der Waals surface area contributed by atoms with Gasteiger partial charge in [0.2, 0.25) is 0 Å². The van der Waals surface area contributed by atoms with Gasteiger partial charge in [0, 0.05) is 28.0 Å². The molecule has 0 amide bonds. The molecular formula is C32H26N2O2. The van der Waals surface area contributed by atoms with Crippen LogP contribution in [0.2, 0.25) is 0 Å². The van der Waals surface area contributed by atoms with E-state index in [0.717, 1.165) is 61.9 Å². The lowest BCUT2D eigenvalue weighted by molar-refractivity contribution is 0.486. The van der Waals surface area contributed by atoms with Crippen molar-refractivity contribution in [2.45, 2.75) is 39.0 Å². The predicted octanol–water partition coefficient (Wildman–Crippen LogP) is 8.90. The second-order valence-corrected chi connectivity index (χ2v) is 10.1. The third kappa shape index (κ3) is 3.14. The van der Waals surface area contributed by atoms with Gasteiger partial charge in [0.1, 0.15) is 11.0 Å². The van der Waals surface area contributed by atoms with Crippen LogP contribution in [0.15, 0.2) is 87.7 Å². The van der Waals surface area contributed by atoms with Crippen LogP contribution in [0.25, 0.3) is 54.5 Å². The van der Waals surface area contributed by atoms with Gasteiger partial charge in [-0.15, -0.1) is 0 Å². The van der Waals surface area contributed by atoms with Crippen LogP contribution in [0.4, 0.5) is 0 Å². The van der Waals surface area contributed by atoms with E-state index in [-0.39, 0.29) is 11.8 Å². The average Bonchev–Trinajstić information content (AvgIpc) is 3.55. The number of aromatic nitrogens is 2. The topological polar surface area (TPSA) is 52.1 Å². The minimum absolute atomic E-state index is 0.108. The highest BCUT2D eigenvalue weighted by Crippen LogP contribution is 2.39. The Hall–Kier alpha value is -4.18. The van der Waals surface area contributed by atoms with Gasteiger partial charge in [-0.05, 0) is 34.2 Å². The Morgan fingerprint density at radius 3 is 2.19 bits per heavy atom. The van der Waals surface area contributed by atoms with Gasteiger partial charge >= 0.3 is 0 Å². The Kier molecular flexibility index (Phi) is 4.65. The van der Waals surface area contributed by atoms with Crippen LogP contribution in [0, 0.1) is 0 Å². The number of hydrogen-bond donors (Lipinski definition) is 0. The van der Waals surface area contributed by atoms with Crippen LogP contribution in [-0.2, 0) is 6.42 Å². The molecular weight excluding hydrogens is 444 g/mol. The van der Waals surface area contributed by atoms with E-state index in [1.807, 2.05) is 6.07 Å². The smallest absolute Gasteiger partial charge is 0.198 e. The van der Waals surface area contributed by atoms with E-state index < -0.39 is 0 Å². The minimum atomic E-state index is 0.108. The molecule has 0 aliphatic carbocycles. The quantitative estimate of drug-likeness (QED) is 0.241. The molecule has 4 nitrogen and oxygen atoms in total. The maximum absolute atomic E-state index is 6.38. The van der Waals surface area contributed by atoms with Gasteiger partial charge in [0.25, 0.3) is 0 Å². The van der Waals surface area contributed by atoms with Crippen LogP contribution in [0.5, 0.6) is 0 Å². The molecule has 0 radical (unpaired) electrons. The standard InChI is InChI=1S/C32H26N2O2/c1-18(2)31-34-28-24-13-7-6-12-23(24)27-21(10-8-14-25(27)30(28)36-31)17-19(3)32-33-26-16-15-20-9-4-5-11-22(20)29(26)35-32/h4-16,18-19H,17H2,1-3H3. The van der Waals surface area contributed by atoms with Crippen molar-refractivity contribution < 1.29 is 8.83 Å². The molecule has 7 rings (SSSR count). The van der Waals surface area contributed by atoms with E-state index in [1.165, 1.54) is 16.3 Å². The van der Waals surface area contributed by atoms with Gasteiger partial charge in [0.15, 0.2) is 22.9 Å². The molecule has 0 saturated carbocycles. The second-order valence-electron chi connectivity index (χ2n) is 10.1. The lowest BCUT2D eigenvalue weighted by atomic mass is 9.91. The van der Waals surface area contributed by atoms with E-state index in [4.69, 9.17) is 18.8 Å². The van der Waals surface area contributed by atoms with Crippen molar-refractivity contribution >= 4 is 54.5 Å². The Morgan fingerprint density at radius 1 is 0.639 bits per heavy atom. The Bertz CT molecular complexity index is 1930. The van der Waals surface area contributed by atoms with Crippen molar-refractivity contribution in [1.29, 1.82) is 0 Å². The minimum Gasteiger partial charge on any atom is -0.440 e. The number of nitrogens with zero attached hydrogens (tertiary/aromatic N) is 2. The molecule has 2 aromatic heterocycles. The number of rotatable bonds is 4. The van der Waals surface area contributed by atoms with E-state index in [2.05, 4.69) is 93.6 Å². The van der Waals surface area contributed by atoms with E-state index in [1.54, 1.807) is 0 Å². The van der Waals surface area contributed by atoms with Crippen molar-refractivity contribution in [2.24, 2.45) is 0 Å². The molecule has 0 aliphatic heterocycles. The summed E-state index contributed by atoms with van der Waals surface area (Å²) in [5.41, 5.74) is 4.84. The van der Waals surface area contributed by atoms with Gasteiger partial charge < -0.3 is 8.83 Å². The van der Waals surface area contributed by atoms with Crippen molar-refractivity contribution in [1.82, 2.24) is 9.97 Å². The highest BCUT2D eigenvalue weighted by Gasteiger charge is 2.21. The number of oxazole rings is 2. The summed E-state index contributed by atoms with van der Waals surface area (Å²) >= 11 is 0. The fourth-order valence-corrected chi connectivity index (χ4v) is 5.43. The Balaban J connectivity index is 1.39.